The average molecular weight is 205 g/mol. The quantitative estimate of drug-likeness (QED) is 0.745. The number of hydrogen-bond donors (Lipinski definition) is 1. The first-order chi connectivity index (χ1) is 7.16. The van der Waals surface area contributed by atoms with Gasteiger partial charge in [0.25, 0.3) is 0 Å². The van der Waals surface area contributed by atoms with E-state index in [-0.39, 0.29) is 11.9 Å². The van der Waals surface area contributed by atoms with Crippen LogP contribution in [0.4, 0.5) is 0 Å². The van der Waals surface area contributed by atoms with Gasteiger partial charge in [-0.15, -0.1) is 0 Å². The average Bonchev–Trinajstić information content (AvgIpc) is 2.17. The lowest BCUT2D eigenvalue weighted by Crippen LogP contribution is -2.58. The summed E-state index contributed by atoms with van der Waals surface area (Å²) in [5.74, 6) is 0.124. The number of amides is 1. The summed E-state index contributed by atoms with van der Waals surface area (Å²) in [5, 5.41) is 0. The van der Waals surface area contributed by atoms with Gasteiger partial charge < -0.3 is 10.6 Å². The highest BCUT2D eigenvalue weighted by Crippen LogP contribution is 2.10. The molecule has 1 amide bonds. The van der Waals surface area contributed by atoms with Gasteiger partial charge in [-0.25, -0.2) is 0 Å². The van der Waals surface area contributed by atoms with Gasteiger partial charge in [0, 0.05) is 25.3 Å². The molecule has 2 heterocycles. The zero-order valence-corrected chi connectivity index (χ0v) is 8.81. The summed E-state index contributed by atoms with van der Waals surface area (Å²) in [7, 11) is 0. The van der Waals surface area contributed by atoms with Crippen LogP contribution in [0.2, 0.25) is 0 Å². The van der Waals surface area contributed by atoms with Crippen LogP contribution in [0.15, 0.2) is 18.3 Å². The molecule has 1 saturated heterocycles. The van der Waals surface area contributed by atoms with Crippen LogP contribution in [0.1, 0.15) is 11.3 Å². The molecule has 1 aliphatic rings. The van der Waals surface area contributed by atoms with E-state index in [2.05, 4.69) is 4.98 Å². The molecule has 1 aromatic rings. The number of carbonyl (C=O) groups is 1. The molecule has 80 valence electrons. The summed E-state index contributed by atoms with van der Waals surface area (Å²) in [6.07, 6.45) is 2.11. The van der Waals surface area contributed by atoms with Crippen LogP contribution in [-0.4, -0.2) is 34.9 Å². The Balaban J connectivity index is 1.97. The lowest BCUT2D eigenvalue weighted by atomic mass is 10.1. The molecule has 0 aliphatic carbocycles. The van der Waals surface area contributed by atoms with Gasteiger partial charge in [0.2, 0.25) is 5.91 Å². The Kier molecular flexibility index (Phi) is 2.68. The molecule has 2 rings (SSSR count). The summed E-state index contributed by atoms with van der Waals surface area (Å²) in [5.41, 5.74) is 7.55. The number of aromatic nitrogens is 1. The van der Waals surface area contributed by atoms with E-state index in [1.165, 1.54) is 0 Å². The first-order valence-corrected chi connectivity index (χ1v) is 5.10. The van der Waals surface area contributed by atoms with Crippen LogP contribution in [0.5, 0.6) is 0 Å². The van der Waals surface area contributed by atoms with Crippen molar-refractivity contribution in [3.8, 4) is 0 Å². The van der Waals surface area contributed by atoms with Gasteiger partial charge in [0.1, 0.15) is 0 Å². The molecule has 0 aromatic carbocycles. The maximum absolute atomic E-state index is 11.7. The standard InChI is InChI=1S/C11H15N3O/c1-8-3-2-4-13-10(8)5-11(15)14-6-9(12)7-14/h2-4,9H,5-7,12H2,1H3. The number of nitrogens with zero attached hydrogens (tertiary/aromatic N) is 2. The fraction of sp³-hybridized carbons (Fsp3) is 0.455. The highest BCUT2D eigenvalue weighted by molar-refractivity contribution is 5.79. The fourth-order valence-corrected chi connectivity index (χ4v) is 1.67. The van der Waals surface area contributed by atoms with E-state index in [1.54, 1.807) is 11.1 Å². The second-order valence-electron chi connectivity index (χ2n) is 4.00. The first-order valence-electron chi connectivity index (χ1n) is 5.10. The maximum Gasteiger partial charge on any atom is 0.228 e. The van der Waals surface area contributed by atoms with Crippen molar-refractivity contribution in [1.82, 2.24) is 9.88 Å². The molecule has 0 atom stereocenters. The highest BCUT2D eigenvalue weighted by Gasteiger charge is 2.27. The largest absolute Gasteiger partial charge is 0.339 e. The first kappa shape index (κ1) is 10.1. The second-order valence-corrected chi connectivity index (χ2v) is 4.00. The van der Waals surface area contributed by atoms with Crippen LogP contribution < -0.4 is 5.73 Å². The van der Waals surface area contributed by atoms with Gasteiger partial charge in [-0.2, -0.15) is 0 Å². The van der Waals surface area contributed by atoms with Crippen LogP contribution in [0.25, 0.3) is 0 Å². The Hall–Kier alpha value is -1.42. The number of pyridine rings is 1. The Bertz CT molecular complexity index is 372. The number of likely N-dealkylation sites (tertiary alicyclic amines) is 1. The Morgan fingerprint density at radius 3 is 3.00 bits per heavy atom. The van der Waals surface area contributed by atoms with Gasteiger partial charge in [0.15, 0.2) is 0 Å². The summed E-state index contributed by atoms with van der Waals surface area (Å²) in [4.78, 5) is 17.7. The van der Waals surface area contributed by atoms with Crippen molar-refractivity contribution in [1.29, 1.82) is 0 Å². The molecular weight excluding hydrogens is 190 g/mol. The monoisotopic (exact) mass is 205 g/mol. The van der Waals surface area contributed by atoms with Crippen molar-refractivity contribution in [2.45, 2.75) is 19.4 Å². The molecule has 4 heteroatoms. The normalized spacial score (nSPS) is 16.3. The Morgan fingerprint density at radius 2 is 2.40 bits per heavy atom. The summed E-state index contributed by atoms with van der Waals surface area (Å²) in [6.45, 7) is 3.34. The summed E-state index contributed by atoms with van der Waals surface area (Å²) < 4.78 is 0. The minimum Gasteiger partial charge on any atom is -0.339 e. The summed E-state index contributed by atoms with van der Waals surface area (Å²) >= 11 is 0. The number of hydrogen-bond acceptors (Lipinski definition) is 3. The molecule has 0 spiro atoms. The van der Waals surface area contributed by atoms with Gasteiger partial charge in [-0.05, 0) is 18.6 Å². The number of aryl methyl sites for hydroxylation is 1. The third-order valence-corrected chi connectivity index (χ3v) is 2.70. The lowest BCUT2D eigenvalue weighted by Gasteiger charge is -2.36. The van der Waals surface area contributed by atoms with Crippen molar-refractivity contribution in [2.75, 3.05) is 13.1 Å². The third kappa shape index (κ3) is 2.15. The molecule has 15 heavy (non-hydrogen) atoms. The lowest BCUT2D eigenvalue weighted by molar-refractivity contribution is -0.134. The predicted molar refractivity (Wildman–Crippen MR) is 57.2 cm³/mol. The number of carbonyl (C=O) groups excluding carboxylic acids is 1. The minimum absolute atomic E-state index is 0.124. The molecule has 4 nitrogen and oxygen atoms in total. The van der Waals surface area contributed by atoms with Gasteiger partial charge in [-0.3, -0.25) is 9.78 Å². The smallest absolute Gasteiger partial charge is 0.228 e. The fourth-order valence-electron chi connectivity index (χ4n) is 1.67. The number of nitrogens with two attached hydrogens (primary N) is 1. The molecule has 2 N–H and O–H groups in total. The minimum atomic E-state index is 0.124. The van der Waals surface area contributed by atoms with Crippen molar-refractivity contribution in [2.24, 2.45) is 5.73 Å². The third-order valence-electron chi connectivity index (χ3n) is 2.70. The Morgan fingerprint density at radius 1 is 1.67 bits per heavy atom. The summed E-state index contributed by atoms with van der Waals surface area (Å²) in [6, 6.07) is 4.01. The molecule has 0 bridgehead atoms. The van der Waals surface area contributed by atoms with Crippen LogP contribution in [0.3, 0.4) is 0 Å². The van der Waals surface area contributed by atoms with E-state index in [9.17, 15) is 4.79 Å². The van der Waals surface area contributed by atoms with E-state index >= 15 is 0 Å². The SMILES string of the molecule is Cc1cccnc1CC(=O)N1CC(N)C1. The zero-order chi connectivity index (χ0) is 10.8. The van der Waals surface area contributed by atoms with E-state index < -0.39 is 0 Å². The second kappa shape index (κ2) is 3.98. The molecule has 1 fully saturated rings. The number of rotatable bonds is 2. The van der Waals surface area contributed by atoms with E-state index in [1.807, 2.05) is 19.1 Å². The van der Waals surface area contributed by atoms with Crippen molar-refractivity contribution in [3.63, 3.8) is 0 Å². The van der Waals surface area contributed by atoms with Gasteiger partial charge in [0.05, 0.1) is 12.1 Å². The maximum atomic E-state index is 11.7. The van der Waals surface area contributed by atoms with E-state index in [0.717, 1.165) is 11.3 Å². The zero-order valence-electron chi connectivity index (χ0n) is 8.81. The molecule has 0 unspecified atom stereocenters. The van der Waals surface area contributed by atoms with Crippen molar-refractivity contribution in [3.05, 3.63) is 29.6 Å². The highest BCUT2D eigenvalue weighted by atomic mass is 16.2. The molecule has 0 radical (unpaired) electrons. The van der Waals surface area contributed by atoms with Crippen LogP contribution in [0, 0.1) is 6.92 Å². The van der Waals surface area contributed by atoms with Crippen LogP contribution >= 0.6 is 0 Å². The van der Waals surface area contributed by atoms with Crippen molar-refractivity contribution >= 4 is 5.91 Å². The predicted octanol–water partition coefficient (Wildman–Crippen LogP) is 0.102. The van der Waals surface area contributed by atoms with Gasteiger partial charge >= 0.3 is 0 Å². The van der Waals surface area contributed by atoms with E-state index in [4.69, 9.17) is 5.73 Å². The van der Waals surface area contributed by atoms with E-state index in [0.29, 0.717) is 19.5 Å². The molecular formula is C11H15N3O. The molecule has 0 saturated carbocycles. The molecule has 1 aliphatic heterocycles. The Labute approximate surface area is 89.1 Å². The van der Waals surface area contributed by atoms with Gasteiger partial charge in [-0.1, -0.05) is 6.07 Å². The topological polar surface area (TPSA) is 59.2 Å². The van der Waals surface area contributed by atoms with Crippen molar-refractivity contribution < 1.29 is 4.79 Å². The molecule has 1 aromatic heterocycles. The van der Waals surface area contributed by atoms with Crippen LogP contribution in [-0.2, 0) is 11.2 Å².